The van der Waals surface area contributed by atoms with E-state index in [1.54, 1.807) is 12.1 Å². The maximum atomic E-state index is 12.1. The first-order valence-electron chi connectivity index (χ1n) is 7.34. The minimum Gasteiger partial charge on any atom is -0.355 e. The standard InChI is InChI=1S/C15H20ClN3O2S/c1-2-5-17-6-7-18-14(20)9-13-15(21)19-11-8-10(16)3-4-12(11)22-13/h3-4,8,13,17H,2,5-7,9H2,1H3,(H,18,20)(H,19,21). The van der Waals surface area contributed by atoms with E-state index in [-0.39, 0.29) is 18.2 Å². The van der Waals surface area contributed by atoms with Gasteiger partial charge in [-0.05, 0) is 31.2 Å². The van der Waals surface area contributed by atoms with Crippen molar-refractivity contribution in [3.05, 3.63) is 23.2 Å². The molecule has 0 aliphatic carbocycles. The molecular weight excluding hydrogens is 322 g/mol. The predicted molar refractivity (Wildman–Crippen MR) is 90.5 cm³/mol. The van der Waals surface area contributed by atoms with Crippen LogP contribution in [0, 0.1) is 0 Å². The number of amides is 2. The quantitative estimate of drug-likeness (QED) is 0.665. The number of benzene rings is 1. The van der Waals surface area contributed by atoms with E-state index < -0.39 is 5.25 Å². The lowest BCUT2D eigenvalue weighted by Gasteiger charge is -2.23. The average Bonchev–Trinajstić information content (AvgIpc) is 2.48. The van der Waals surface area contributed by atoms with E-state index >= 15 is 0 Å². The molecule has 0 spiro atoms. The Hall–Kier alpha value is -1.24. The summed E-state index contributed by atoms with van der Waals surface area (Å²) in [6.07, 6.45) is 1.24. The van der Waals surface area contributed by atoms with Gasteiger partial charge in [0, 0.05) is 29.4 Å². The van der Waals surface area contributed by atoms with Crippen LogP contribution in [0.25, 0.3) is 0 Å². The number of halogens is 1. The van der Waals surface area contributed by atoms with Crippen LogP contribution in [0.5, 0.6) is 0 Å². The van der Waals surface area contributed by atoms with Gasteiger partial charge in [-0.25, -0.2) is 0 Å². The SMILES string of the molecule is CCCNCCNC(=O)CC1Sc2ccc(Cl)cc2NC1=O. The van der Waals surface area contributed by atoms with Gasteiger partial charge in [0.05, 0.1) is 10.9 Å². The van der Waals surface area contributed by atoms with Crippen molar-refractivity contribution in [3.63, 3.8) is 0 Å². The van der Waals surface area contributed by atoms with Crippen molar-refractivity contribution in [3.8, 4) is 0 Å². The van der Waals surface area contributed by atoms with Crippen LogP contribution in [0.4, 0.5) is 5.69 Å². The van der Waals surface area contributed by atoms with Gasteiger partial charge >= 0.3 is 0 Å². The first-order valence-corrected chi connectivity index (χ1v) is 8.60. The molecule has 1 aromatic carbocycles. The van der Waals surface area contributed by atoms with Crippen LogP contribution < -0.4 is 16.0 Å². The topological polar surface area (TPSA) is 70.2 Å². The van der Waals surface area contributed by atoms with Gasteiger partial charge in [-0.3, -0.25) is 9.59 Å². The highest BCUT2D eigenvalue weighted by atomic mass is 35.5. The molecule has 1 aliphatic rings. The van der Waals surface area contributed by atoms with Gasteiger partial charge < -0.3 is 16.0 Å². The molecule has 2 amide bonds. The van der Waals surface area contributed by atoms with Crippen LogP contribution in [0.3, 0.4) is 0 Å². The first kappa shape index (κ1) is 17.1. The van der Waals surface area contributed by atoms with Gasteiger partial charge in [-0.15, -0.1) is 11.8 Å². The Kier molecular flexibility index (Phi) is 6.54. The molecule has 120 valence electrons. The van der Waals surface area contributed by atoms with Gasteiger partial charge in [-0.1, -0.05) is 18.5 Å². The number of hydrogen-bond donors (Lipinski definition) is 3. The van der Waals surface area contributed by atoms with Gasteiger partial charge in [0.15, 0.2) is 0 Å². The molecule has 1 aliphatic heterocycles. The Balaban J connectivity index is 1.82. The molecule has 0 radical (unpaired) electrons. The Morgan fingerprint density at radius 1 is 1.36 bits per heavy atom. The Morgan fingerprint density at radius 3 is 2.95 bits per heavy atom. The van der Waals surface area contributed by atoms with Gasteiger partial charge in [0.25, 0.3) is 0 Å². The summed E-state index contributed by atoms with van der Waals surface area (Å²) in [7, 11) is 0. The summed E-state index contributed by atoms with van der Waals surface area (Å²) in [4.78, 5) is 24.9. The number of nitrogens with one attached hydrogen (secondary N) is 3. The molecule has 22 heavy (non-hydrogen) atoms. The number of anilines is 1. The maximum absolute atomic E-state index is 12.1. The number of fused-ring (bicyclic) bond motifs is 1. The fourth-order valence-electron chi connectivity index (χ4n) is 2.09. The summed E-state index contributed by atoms with van der Waals surface area (Å²) in [5, 5.41) is 9.01. The van der Waals surface area contributed by atoms with E-state index in [0.717, 1.165) is 24.4 Å². The molecule has 0 saturated heterocycles. The molecule has 2 rings (SSSR count). The zero-order valence-corrected chi connectivity index (χ0v) is 14.0. The summed E-state index contributed by atoms with van der Waals surface area (Å²) in [6, 6.07) is 5.36. The third kappa shape index (κ3) is 4.90. The third-order valence-corrected chi connectivity index (χ3v) is 4.69. The summed E-state index contributed by atoms with van der Waals surface area (Å²) < 4.78 is 0. The van der Waals surface area contributed by atoms with Crippen molar-refractivity contribution < 1.29 is 9.59 Å². The molecular formula is C15H20ClN3O2S. The second-order valence-electron chi connectivity index (χ2n) is 5.04. The van der Waals surface area contributed by atoms with Crippen molar-refractivity contribution >= 4 is 40.9 Å². The van der Waals surface area contributed by atoms with Crippen LogP contribution >= 0.6 is 23.4 Å². The molecule has 7 heteroatoms. The van der Waals surface area contributed by atoms with Crippen LogP contribution in [-0.4, -0.2) is 36.7 Å². The largest absolute Gasteiger partial charge is 0.355 e. The van der Waals surface area contributed by atoms with E-state index in [2.05, 4.69) is 22.9 Å². The lowest BCUT2D eigenvalue weighted by Crippen LogP contribution is -2.37. The van der Waals surface area contributed by atoms with Crippen LogP contribution in [0.1, 0.15) is 19.8 Å². The summed E-state index contributed by atoms with van der Waals surface area (Å²) in [6.45, 7) is 4.35. The van der Waals surface area contributed by atoms with E-state index in [1.165, 1.54) is 11.8 Å². The van der Waals surface area contributed by atoms with Gasteiger partial charge in [-0.2, -0.15) is 0 Å². The second-order valence-corrected chi connectivity index (χ2v) is 6.72. The highest BCUT2D eigenvalue weighted by molar-refractivity contribution is 8.01. The zero-order valence-electron chi connectivity index (χ0n) is 12.4. The zero-order chi connectivity index (χ0) is 15.9. The number of rotatable bonds is 7. The Labute approximate surface area is 139 Å². The average molecular weight is 342 g/mol. The van der Waals surface area contributed by atoms with Crippen molar-refractivity contribution in [2.24, 2.45) is 0 Å². The molecule has 0 saturated carbocycles. The summed E-state index contributed by atoms with van der Waals surface area (Å²) >= 11 is 7.31. The van der Waals surface area contributed by atoms with Crippen LogP contribution in [0.15, 0.2) is 23.1 Å². The molecule has 5 nitrogen and oxygen atoms in total. The predicted octanol–water partition coefficient (Wildman–Crippen LogP) is 2.26. The number of carbonyl (C=O) groups is 2. The number of carbonyl (C=O) groups excluding carboxylic acids is 2. The molecule has 3 N–H and O–H groups in total. The molecule has 1 unspecified atom stereocenters. The van der Waals surface area contributed by atoms with E-state index in [1.807, 2.05) is 6.07 Å². The highest BCUT2D eigenvalue weighted by Crippen LogP contribution is 2.38. The normalized spacial score (nSPS) is 16.8. The summed E-state index contributed by atoms with van der Waals surface area (Å²) in [5.74, 6) is -0.262. The Morgan fingerprint density at radius 2 is 2.18 bits per heavy atom. The lowest BCUT2D eigenvalue weighted by atomic mass is 10.2. The van der Waals surface area contributed by atoms with Gasteiger partial charge in [0.1, 0.15) is 0 Å². The fourth-order valence-corrected chi connectivity index (χ4v) is 3.35. The smallest absolute Gasteiger partial charge is 0.238 e. The van der Waals surface area contributed by atoms with Crippen molar-refractivity contribution in [2.45, 2.75) is 29.9 Å². The first-order chi connectivity index (χ1) is 10.6. The van der Waals surface area contributed by atoms with Crippen LogP contribution in [-0.2, 0) is 9.59 Å². The van der Waals surface area contributed by atoms with Crippen molar-refractivity contribution in [1.29, 1.82) is 0 Å². The fraction of sp³-hybridized carbons (Fsp3) is 0.467. The van der Waals surface area contributed by atoms with Gasteiger partial charge in [0.2, 0.25) is 11.8 Å². The second kappa shape index (κ2) is 8.41. The summed E-state index contributed by atoms with van der Waals surface area (Å²) in [5.41, 5.74) is 0.711. The highest BCUT2D eigenvalue weighted by Gasteiger charge is 2.28. The lowest BCUT2D eigenvalue weighted by molar-refractivity contribution is -0.124. The Bertz CT molecular complexity index is 554. The number of thioether (sulfide) groups is 1. The molecule has 1 aromatic rings. The third-order valence-electron chi connectivity index (χ3n) is 3.18. The molecule has 1 atom stereocenters. The number of hydrogen-bond acceptors (Lipinski definition) is 4. The van der Waals surface area contributed by atoms with Crippen LogP contribution in [0.2, 0.25) is 5.02 Å². The van der Waals surface area contributed by atoms with Crippen molar-refractivity contribution in [1.82, 2.24) is 10.6 Å². The van der Waals surface area contributed by atoms with E-state index in [4.69, 9.17) is 11.6 Å². The van der Waals surface area contributed by atoms with E-state index in [0.29, 0.717) is 17.3 Å². The molecule has 0 fully saturated rings. The molecule has 1 heterocycles. The monoisotopic (exact) mass is 341 g/mol. The van der Waals surface area contributed by atoms with E-state index in [9.17, 15) is 9.59 Å². The minimum absolute atomic E-state index is 0.108. The molecule has 0 bridgehead atoms. The van der Waals surface area contributed by atoms with Crippen molar-refractivity contribution in [2.75, 3.05) is 25.0 Å². The minimum atomic E-state index is -0.405. The maximum Gasteiger partial charge on any atom is 0.238 e. The molecule has 0 aromatic heterocycles.